The molecule has 2 aliphatic rings. The number of likely N-dealkylation sites (tertiary alicyclic amines) is 1. The van der Waals surface area contributed by atoms with Crippen molar-refractivity contribution >= 4 is 18.3 Å². The third-order valence-corrected chi connectivity index (χ3v) is 4.98. The molecular weight excluding hydrogens is 348 g/mol. The molecule has 134 valence electrons. The Kier molecular flexibility index (Phi) is 5.44. The largest absolute Gasteiger partial charge is 0.419 e. The molecule has 2 saturated heterocycles. The predicted molar refractivity (Wildman–Crippen MR) is 83.7 cm³/mol. The van der Waals surface area contributed by atoms with Gasteiger partial charge in [-0.05, 0) is 43.4 Å². The fourth-order valence-electron chi connectivity index (χ4n) is 3.49. The average molecular weight is 367 g/mol. The third kappa shape index (κ3) is 3.52. The molecule has 1 N–H and O–H groups in total. The van der Waals surface area contributed by atoms with Gasteiger partial charge in [-0.25, -0.2) is 4.39 Å². The van der Waals surface area contributed by atoms with Crippen molar-refractivity contribution in [2.75, 3.05) is 26.2 Å². The van der Waals surface area contributed by atoms with E-state index in [1.54, 1.807) is 0 Å². The van der Waals surface area contributed by atoms with Crippen molar-refractivity contribution in [3.63, 3.8) is 0 Å². The molecule has 0 bridgehead atoms. The first-order valence-corrected chi connectivity index (χ1v) is 7.68. The van der Waals surface area contributed by atoms with E-state index in [2.05, 4.69) is 5.32 Å². The molecule has 3 rings (SSSR count). The molecule has 0 unspecified atom stereocenters. The Morgan fingerprint density at radius 2 is 1.83 bits per heavy atom. The monoisotopic (exact) mass is 366 g/mol. The van der Waals surface area contributed by atoms with E-state index >= 15 is 0 Å². The first-order valence-electron chi connectivity index (χ1n) is 7.68. The Balaban J connectivity index is 0.00000208. The zero-order valence-corrected chi connectivity index (χ0v) is 13.8. The van der Waals surface area contributed by atoms with Gasteiger partial charge in [0.1, 0.15) is 5.82 Å². The van der Waals surface area contributed by atoms with Gasteiger partial charge in [-0.1, -0.05) is 6.07 Å². The molecule has 1 spiro atoms. The van der Waals surface area contributed by atoms with Gasteiger partial charge in [-0.15, -0.1) is 12.4 Å². The van der Waals surface area contributed by atoms with Crippen LogP contribution in [0, 0.1) is 11.2 Å². The number of piperidine rings is 1. The van der Waals surface area contributed by atoms with Crippen molar-refractivity contribution in [1.29, 1.82) is 0 Å². The van der Waals surface area contributed by atoms with E-state index in [1.165, 1.54) is 4.90 Å². The zero-order valence-electron chi connectivity index (χ0n) is 13.0. The van der Waals surface area contributed by atoms with Crippen LogP contribution in [0.1, 0.15) is 35.2 Å². The lowest BCUT2D eigenvalue weighted by Crippen LogP contribution is -2.44. The lowest BCUT2D eigenvalue weighted by atomic mass is 9.78. The lowest BCUT2D eigenvalue weighted by molar-refractivity contribution is -0.140. The number of rotatable bonds is 1. The molecule has 8 heteroatoms. The van der Waals surface area contributed by atoms with Crippen LogP contribution < -0.4 is 5.32 Å². The van der Waals surface area contributed by atoms with E-state index in [0.29, 0.717) is 19.2 Å². The quantitative estimate of drug-likeness (QED) is 0.772. The summed E-state index contributed by atoms with van der Waals surface area (Å²) in [6.45, 7) is 2.77. The highest BCUT2D eigenvalue weighted by Crippen LogP contribution is 2.38. The van der Waals surface area contributed by atoms with Crippen LogP contribution in [-0.4, -0.2) is 37.0 Å². The van der Waals surface area contributed by atoms with Crippen molar-refractivity contribution in [2.24, 2.45) is 5.41 Å². The first-order chi connectivity index (χ1) is 10.8. The van der Waals surface area contributed by atoms with Gasteiger partial charge in [0.05, 0.1) is 11.1 Å². The predicted octanol–water partition coefficient (Wildman–Crippen LogP) is 3.48. The molecule has 0 saturated carbocycles. The smallest absolute Gasteiger partial charge is 0.339 e. The van der Waals surface area contributed by atoms with Crippen molar-refractivity contribution in [3.8, 4) is 0 Å². The van der Waals surface area contributed by atoms with Gasteiger partial charge in [0.2, 0.25) is 0 Å². The molecule has 3 nitrogen and oxygen atoms in total. The van der Waals surface area contributed by atoms with Gasteiger partial charge in [0.15, 0.2) is 0 Å². The number of carbonyl (C=O) groups excluding carboxylic acids is 1. The van der Waals surface area contributed by atoms with Gasteiger partial charge in [0, 0.05) is 19.6 Å². The maximum absolute atomic E-state index is 14.1. The summed E-state index contributed by atoms with van der Waals surface area (Å²) in [5, 5.41) is 3.30. The van der Waals surface area contributed by atoms with E-state index < -0.39 is 29.0 Å². The van der Waals surface area contributed by atoms with E-state index in [0.717, 1.165) is 44.5 Å². The Morgan fingerprint density at radius 1 is 1.17 bits per heavy atom. The third-order valence-electron chi connectivity index (χ3n) is 4.98. The summed E-state index contributed by atoms with van der Waals surface area (Å²) in [6.07, 6.45) is -2.16. The molecule has 1 aromatic carbocycles. The summed E-state index contributed by atoms with van der Waals surface area (Å²) in [6, 6.07) is 2.85. The lowest BCUT2D eigenvalue weighted by Gasteiger charge is -2.39. The Hall–Kier alpha value is -1.34. The van der Waals surface area contributed by atoms with Crippen LogP contribution in [0.15, 0.2) is 18.2 Å². The summed E-state index contributed by atoms with van der Waals surface area (Å²) in [4.78, 5) is 13.9. The van der Waals surface area contributed by atoms with Crippen molar-refractivity contribution in [3.05, 3.63) is 35.1 Å². The number of alkyl halides is 3. The summed E-state index contributed by atoms with van der Waals surface area (Å²) >= 11 is 0. The van der Waals surface area contributed by atoms with E-state index in [1.807, 2.05) is 0 Å². The van der Waals surface area contributed by atoms with Crippen LogP contribution >= 0.6 is 12.4 Å². The summed E-state index contributed by atoms with van der Waals surface area (Å²) in [7, 11) is 0. The van der Waals surface area contributed by atoms with Gasteiger partial charge in [-0.3, -0.25) is 4.79 Å². The number of amides is 1. The fourth-order valence-corrected chi connectivity index (χ4v) is 3.49. The molecule has 2 fully saturated rings. The normalized spacial score (nSPS) is 20.1. The zero-order chi connectivity index (χ0) is 16.7. The van der Waals surface area contributed by atoms with Crippen LogP contribution in [0.3, 0.4) is 0 Å². The summed E-state index contributed by atoms with van der Waals surface area (Å²) in [5.41, 5.74) is -1.71. The molecule has 2 aliphatic heterocycles. The van der Waals surface area contributed by atoms with E-state index in [-0.39, 0.29) is 17.8 Å². The highest BCUT2D eigenvalue weighted by molar-refractivity contribution is 5.94. The Morgan fingerprint density at radius 3 is 2.38 bits per heavy atom. The first kappa shape index (κ1) is 19.0. The molecule has 0 aliphatic carbocycles. The molecule has 0 atom stereocenters. The van der Waals surface area contributed by atoms with Crippen LogP contribution in [0.25, 0.3) is 0 Å². The molecule has 24 heavy (non-hydrogen) atoms. The number of hydrogen-bond acceptors (Lipinski definition) is 2. The topological polar surface area (TPSA) is 32.3 Å². The maximum Gasteiger partial charge on any atom is 0.419 e. The molecule has 1 aromatic rings. The standard InChI is InChI=1S/C16H18F4N2O.ClH/c17-13-11(2-1-3-12(13)16(18,19)20)14(23)22-8-5-15(6-9-22)4-7-21-10-15;/h1-3,21H,4-10H2;1H. The number of hydrogen-bond donors (Lipinski definition) is 1. The fraction of sp³-hybridized carbons (Fsp3) is 0.562. The minimum absolute atomic E-state index is 0. The van der Waals surface area contributed by atoms with Gasteiger partial charge in [0.25, 0.3) is 5.91 Å². The van der Waals surface area contributed by atoms with Crippen molar-refractivity contribution < 1.29 is 22.4 Å². The maximum atomic E-state index is 14.1. The number of nitrogens with one attached hydrogen (secondary N) is 1. The minimum atomic E-state index is -4.80. The second-order valence-electron chi connectivity index (χ2n) is 6.38. The van der Waals surface area contributed by atoms with Gasteiger partial charge < -0.3 is 10.2 Å². The number of halogens is 5. The average Bonchev–Trinajstić information content (AvgIpc) is 2.95. The minimum Gasteiger partial charge on any atom is -0.339 e. The van der Waals surface area contributed by atoms with Crippen LogP contribution in [0.4, 0.5) is 17.6 Å². The second kappa shape index (κ2) is 6.88. The van der Waals surface area contributed by atoms with Crippen LogP contribution in [0.5, 0.6) is 0 Å². The van der Waals surface area contributed by atoms with E-state index in [9.17, 15) is 22.4 Å². The Labute approximate surface area is 143 Å². The second-order valence-corrected chi connectivity index (χ2v) is 6.38. The van der Waals surface area contributed by atoms with E-state index in [4.69, 9.17) is 0 Å². The Bertz CT molecular complexity index is 605. The van der Waals surface area contributed by atoms with Gasteiger partial charge >= 0.3 is 6.18 Å². The highest BCUT2D eigenvalue weighted by atomic mass is 35.5. The number of nitrogens with zero attached hydrogens (tertiary/aromatic N) is 1. The molecular formula is C16H19ClF4N2O. The molecule has 0 aromatic heterocycles. The number of carbonyl (C=O) groups is 1. The highest BCUT2D eigenvalue weighted by Gasteiger charge is 2.40. The summed E-state index contributed by atoms with van der Waals surface area (Å²) in [5.74, 6) is -2.14. The van der Waals surface area contributed by atoms with Gasteiger partial charge in [-0.2, -0.15) is 13.2 Å². The molecule has 1 amide bonds. The van der Waals surface area contributed by atoms with Crippen molar-refractivity contribution in [1.82, 2.24) is 10.2 Å². The SMILES string of the molecule is Cl.O=C(c1cccc(C(F)(F)F)c1F)N1CCC2(CCNC2)CC1. The van der Waals surface area contributed by atoms with Crippen molar-refractivity contribution in [2.45, 2.75) is 25.4 Å². The number of benzene rings is 1. The van der Waals surface area contributed by atoms with Crippen LogP contribution in [-0.2, 0) is 6.18 Å². The summed E-state index contributed by atoms with van der Waals surface area (Å²) < 4.78 is 52.4. The molecule has 0 radical (unpaired) electrons. The van der Waals surface area contributed by atoms with Crippen LogP contribution in [0.2, 0.25) is 0 Å². The molecule has 2 heterocycles.